The molecule has 1 rings (SSSR count). The summed E-state index contributed by atoms with van der Waals surface area (Å²) >= 11 is 3.71. The maximum atomic E-state index is 4.40. The second-order valence-electron chi connectivity index (χ2n) is 4.86. The number of alkyl halides is 1. The Morgan fingerprint density at radius 2 is 2.00 bits per heavy atom. The monoisotopic (exact) mass is 255 g/mol. The summed E-state index contributed by atoms with van der Waals surface area (Å²) in [6, 6.07) is 4.22. The molecule has 0 aliphatic rings. The van der Waals surface area contributed by atoms with E-state index in [9.17, 15) is 0 Å². The molecule has 1 unspecified atom stereocenters. The van der Waals surface area contributed by atoms with Crippen molar-refractivity contribution in [3.63, 3.8) is 0 Å². The highest BCUT2D eigenvalue weighted by atomic mass is 79.9. The molecule has 2 heteroatoms. The van der Waals surface area contributed by atoms with E-state index in [-0.39, 0.29) is 5.41 Å². The van der Waals surface area contributed by atoms with Crippen molar-refractivity contribution in [3.8, 4) is 0 Å². The van der Waals surface area contributed by atoms with Crippen LogP contribution in [0.2, 0.25) is 0 Å². The molecule has 0 fully saturated rings. The van der Waals surface area contributed by atoms with Crippen molar-refractivity contribution in [1.82, 2.24) is 4.98 Å². The van der Waals surface area contributed by atoms with Crippen molar-refractivity contribution in [3.05, 3.63) is 29.6 Å². The number of aromatic nitrogens is 1. The van der Waals surface area contributed by atoms with Gasteiger partial charge in [0.05, 0.1) is 0 Å². The molecule has 0 bridgehead atoms. The Labute approximate surface area is 95.1 Å². The zero-order chi connectivity index (χ0) is 10.8. The Hall–Kier alpha value is -0.370. The Morgan fingerprint density at radius 3 is 2.43 bits per heavy atom. The minimum atomic E-state index is 0.284. The van der Waals surface area contributed by atoms with Crippen LogP contribution in [0.5, 0.6) is 0 Å². The number of pyridine rings is 1. The summed E-state index contributed by atoms with van der Waals surface area (Å²) in [5, 5.41) is 0. The maximum Gasteiger partial charge on any atom is 0.0415 e. The topological polar surface area (TPSA) is 12.9 Å². The second-order valence-corrected chi connectivity index (χ2v) is 5.97. The van der Waals surface area contributed by atoms with Gasteiger partial charge >= 0.3 is 0 Å². The Balaban J connectivity index is 2.65. The summed E-state index contributed by atoms with van der Waals surface area (Å²) in [7, 11) is 0. The summed E-state index contributed by atoms with van der Waals surface area (Å²) in [4.78, 5) is 4.88. The van der Waals surface area contributed by atoms with Gasteiger partial charge in [-0.05, 0) is 24.0 Å². The summed E-state index contributed by atoms with van der Waals surface area (Å²) in [5.41, 5.74) is 2.66. The highest BCUT2D eigenvalue weighted by Gasteiger charge is 2.22. The third kappa shape index (κ3) is 3.41. The number of rotatable bonds is 2. The first kappa shape index (κ1) is 11.7. The first-order valence-electron chi connectivity index (χ1n) is 4.95. The fourth-order valence-electron chi connectivity index (χ4n) is 1.11. The Kier molecular flexibility index (Phi) is 3.71. The molecule has 78 valence electrons. The predicted molar refractivity (Wildman–Crippen MR) is 64.8 cm³/mol. The molecule has 1 heterocycles. The zero-order valence-corrected chi connectivity index (χ0v) is 10.9. The largest absolute Gasteiger partial charge is 0.261 e. The van der Waals surface area contributed by atoms with Gasteiger partial charge in [0, 0.05) is 23.1 Å². The van der Waals surface area contributed by atoms with E-state index in [1.807, 2.05) is 6.20 Å². The van der Waals surface area contributed by atoms with Crippen LogP contribution in [0.1, 0.15) is 32.0 Å². The fourth-order valence-corrected chi connectivity index (χ4v) is 1.44. The van der Waals surface area contributed by atoms with Crippen molar-refractivity contribution in [2.75, 3.05) is 0 Å². The predicted octanol–water partition coefficient (Wildman–Crippen LogP) is 3.74. The molecule has 1 aromatic rings. The van der Waals surface area contributed by atoms with E-state index in [1.165, 1.54) is 5.56 Å². The van der Waals surface area contributed by atoms with Crippen LogP contribution in [0.15, 0.2) is 18.3 Å². The number of hydrogen-bond acceptors (Lipinski definition) is 1. The number of hydrogen-bond donors (Lipinski definition) is 0. The van der Waals surface area contributed by atoms with Crippen LogP contribution in [0.3, 0.4) is 0 Å². The van der Waals surface area contributed by atoms with Gasteiger partial charge in [0.1, 0.15) is 0 Å². The third-order valence-corrected chi connectivity index (χ3v) is 4.00. The molecule has 0 amide bonds. The van der Waals surface area contributed by atoms with Gasteiger partial charge in [-0.15, -0.1) is 0 Å². The van der Waals surface area contributed by atoms with Crippen LogP contribution in [-0.2, 0) is 6.42 Å². The SMILES string of the molecule is Cc1ccc(CC(Br)C(C)(C)C)nc1. The molecule has 1 nitrogen and oxygen atoms in total. The van der Waals surface area contributed by atoms with E-state index in [1.54, 1.807) is 0 Å². The van der Waals surface area contributed by atoms with Gasteiger partial charge in [-0.25, -0.2) is 0 Å². The lowest BCUT2D eigenvalue weighted by molar-refractivity contribution is 0.396. The number of nitrogens with zero attached hydrogens (tertiary/aromatic N) is 1. The quantitative estimate of drug-likeness (QED) is 0.734. The van der Waals surface area contributed by atoms with Crippen LogP contribution >= 0.6 is 15.9 Å². The van der Waals surface area contributed by atoms with Crippen molar-refractivity contribution in [2.45, 2.75) is 38.9 Å². The fraction of sp³-hybridized carbons (Fsp3) is 0.583. The molecule has 0 aliphatic heterocycles. The molecule has 1 aromatic heterocycles. The van der Waals surface area contributed by atoms with Crippen molar-refractivity contribution >= 4 is 15.9 Å². The third-order valence-electron chi connectivity index (χ3n) is 2.30. The summed E-state index contributed by atoms with van der Waals surface area (Å²) in [6.07, 6.45) is 2.92. The van der Waals surface area contributed by atoms with Crippen LogP contribution < -0.4 is 0 Å². The van der Waals surface area contributed by atoms with Crippen LogP contribution in [0.25, 0.3) is 0 Å². The molecule has 1 atom stereocenters. The van der Waals surface area contributed by atoms with Crippen molar-refractivity contribution < 1.29 is 0 Å². The van der Waals surface area contributed by atoms with Gasteiger partial charge in [0.15, 0.2) is 0 Å². The van der Waals surface area contributed by atoms with Crippen LogP contribution in [0.4, 0.5) is 0 Å². The maximum absolute atomic E-state index is 4.40. The van der Waals surface area contributed by atoms with Gasteiger partial charge in [-0.3, -0.25) is 4.98 Å². The molecule has 0 N–H and O–H groups in total. The molecular weight excluding hydrogens is 238 g/mol. The van der Waals surface area contributed by atoms with Gasteiger partial charge in [0.25, 0.3) is 0 Å². The van der Waals surface area contributed by atoms with E-state index in [0.717, 1.165) is 12.1 Å². The first-order chi connectivity index (χ1) is 6.39. The molecule has 0 aliphatic carbocycles. The highest BCUT2D eigenvalue weighted by Crippen LogP contribution is 2.28. The second kappa shape index (κ2) is 4.43. The Bertz CT molecular complexity index is 284. The lowest BCUT2D eigenvalue weighted by Gasteiger charge is -2.25. The van der Waals surface area contributed by atoms with Crippen molar-refractivity contribution in [1.29, 1.82) is 0 Å². The van der Waals surface area contributed by atoms with Crippen LogP contribution in [0, 0.1) is 12.3 Å². The number of halogens is 1. The van der Waals surface area contributed by atoms with E-state index < -0.39 is 0 Å². The molecule has 0 aromatic carbocycles. The molecule has 0 saturated heterocycles. The van der Waals surface area contributed by atoms with E-state index >= 15 is 0 Å². The molecule has 0 radical (unpaired) electrons. The smallest absolute Gasteiger partial charge is 0.0415 e. The van der Waals surface area contributed by atoms with Crippen LogP contribution in [-0.4, -0.2) is 9.81 Å². The standard InChI is InChI=1S/C12H18BrN/c1-9-5-6-10(14-8-9)7-11(13)12(2,3)4/h5-6,8,11H,7H2,1-4H3. The lowest BCUT2D eigenvalue weighted by Crippen LogP contribution is -2.22. The minimum Gasteiger partial charge on any atom is -0.261 e. The molecule has 0 spiro atoms. The van der Waals surface area contributed by atoms with E-state index in [2.05, 4.69) is 60.7 Å². The van der Waals surface area contributed by atoms with Gasteiger partial charge < -0.3 is 0 Å². The zero-order valence-electron chi connectivity index (χ0n) is 9.34. The molecular formula is C12H18BrN. The van der Waals surface area contributed by atoms with Gasteiger partial charge in [-0.2, -0.15) is 0 Å². The minimum absolute atomic E-state index is 0.284. The Morgan fingerprint density at radius 1 is 1.36 bits per heavy atom. The first-order valence-corrected chi connectivity index (χ1v) is 5.87. The normalized spacial score (nSPS) is 14.1. The average Bonchev–Trinajstić information content (AvgIpc) is 2.07. The van der Waals surface area contributed by atoms with Gasteiger partial charge in [0.2, 0.25) is 0 Å². The van der Waals surface area contributed by atoms with E-state index in [0.29, 0.717) is 4.83 Å². The van der Waals surface area contributed by atoms with E-state index in [4.69, 9.17) is 0 Å². The lowest BCUT2D eigenvalue weighted by atomic mass is 9.89. The van der Waals surface area contributed by atoms with Gasteiger partial charge in [-0.1, -0.05) is 42.8 Å². The average molecular weight is 256 g/mol. The summed E-state index contributed by atoms with van der Waals surface area (Å²) in [6.45, 7) is 8.77. The number of aryl methyl sites for hydroxylation is 1. The molecule has 0 saturated carbocycles. The summed E-state index contributed by atoms with van der Waals surface area (Å²) in [5.74, 6) is 0. The summed E-state index contributed by atoms with van der Waals surface area (Å²) < 4.78 is 0. The van der Waals surface area contributed by atoms with Crippen molar-refractivity contribution in [2.24, 2.45) is 5.41 Å². The highest BCUT2D eigenvalue weighted by molar-refractivity contribution is 9.09. The molecule has 14 heavy (non-hydrogen) atoms.